The van der Waals surface area contributed by atoms with Crippen molar-refractivity contribution in [3.63, 3.8) is 0 Å². The molecule has 0 radical (unpaired) electrons. The van der Waals surface area contributed by atoms with Crippen LogP contribution >= 0.6 is 0 Å². The van der Waals surface area contributed by atoms with E-state index in [0.29, 0.717) is 12.8 Å². The summed E-state index contributed by atoms with van der Waals surface area (Å²) in [5.41, 5.74) is 0. The minimum atomic E-state index is -1.56. The number of carbonyl (C=O) groups is 1. The van der Waals surface area contributed by atoms with E-state index in [4.69, 9.17) is 9.47 Å². The highest BCUT2D eigenvalue weighted by molar-refractivity contribution is 5.76. The summed E-state index contributed by atoms with van der Waals surface area (Å²) in [4.78, 5) is 13.2. The Kier molecular flexibility index (Phi) is 71.5. The van der Waals surface area contributed by atoms with Crippen LogP contribution in [0.1, 0.15) is 386 Å². The van der Waals surface area contributed by atoms with E-state index in [1.54, 1.807) is 0 Å². The first kappa shape index (κ1) is 91.9. The molecule has 6 N–H and O–H groups in total. The molecular weight excluding hydrogens is 1200 g/mol. The van der Waals surface area contributed by atoms with Crippen molar-refractivity contribution < 1.29 is 39.8 Å². The van der Waals surface area contributed by atoms with Crippen LogP contribution < -0.4 is 5.32 Å². The second-order valence-electron chi connectivity index (χ2n) is 28.5. The van der Waals surface area contributed by atoms with Crippen molar-refractivity contribution in [2.45, 2.75) is 429 Å². The summed E-state index contributed by atoms with van der Waals surface area (Å²) in [7, 11) is 0. The topological polar surface area (TPSA) is 149 Å². The van der Waals surface area contributed by atoms with Crippen LogP contribution in [0.25, 0.3) is 0 Å². The molecule has 1 saturated heterocycles. The Hall–Kier alpha value is -3.15. The highest BCUT2D eigenvalue weighted by atomic mass is 16.7. The Morgan fingerprint density at radius 3 is 0.948 bits per heavy atom. The van der Waals surface area contributed by atoms with Gasteiger partial charge in [0.25, 0.3) is 0 Å². The third-order valence-electron chi connectivity index (χ3n) is 19.4. The Labute approximate surface area is 599 Å². The molecule has 0 spiro atoms. The largest absolute Gasteiger partial charge is 0.394 e. The van der Waals surface area contributed by atoms with E-state index in [1.165, 1.54) is 263 Å². The standard InChI is InChI=1S/C88H157NO8/c1-3-5-7-9-11-13-15-17-19-21-23-25-27-29-31-33-35-37-38-39-40-41-42-43-44-46-48-50-52-54-56-58-60-62-64-66-68-70-72-74-76-78-84(92)89-81(80-96-88-87(95)86(94)85(93)83(79-90)97-88)82(91)77-75-73-71-69-67-65-63-61-59-57-55-53-51-49-47-45-36-34-32-30-28-26-24-22-20-18-16-14-12-10-8-6-4-2/h5,7,11,13,17,19,23,25,29,31,35,37,39-40,42-43,46,48,81-83,85-88,90-91,93-95H,3-4,6,8-10,12,14-16,18,20-22,24,26-28,30,32-34,36,38,41,44-45,47,49-80H2,1-2H3,(H,89,92)/b7-5-,13-11-,19-17-,25-23-,31-29-,37-35-,40-39-,43-42-,48-46-. The summed E-state index contributed by atoms with van der Waals surface area (Å²) in [5, 5.41) is 55.1. The maximum Gasteiger partial charge on any atom is 0.220 e. The summed E-state index contributed by atoms with van der Waals surface area (Å²) < 4.78 is 11.4. The zero-order chi connectivity index (χ0) is 69.9. The van der Waals surface area contributed by atoms with Gasteiger partial charge in [-0.3, -0.25) is 4.79 Å². The predicted octanol–water partition coefficient (Wildman–Crippen LogP) is 24.3. The number of allylic oxidation sites excluding steroid dienone is 18. The van der Waals surface area contributed by atoms with Crippen LogP contribution in [0.2, 0.25) is 0 Å². The van der Waals surface area contributed by atoms with Crippen molar-refractivity contribution in [1.29, 1.82) is 0 Å². The summed E-state index contributed by atoms with van der Waals surface area (Å²) >= 11 is 0. The van der Waals surface area contributed by atoms with Gasteiger partial charge in [-0.15, -0.1) is 0 Å². The second-order valence-corrected chi connectivity index (χ2v) is 28.5. The number of hydrogen-bond acceptors (Lipinski definition) is 8. The lowest BCUT2D eigenvalue weighted by Gasteiger charge is -2.40. The molecule has 0 aromatic heterocycles. The maximum absolute atomic E-state index is 13.2. The van der Waals surface area contributed by atoms with Crippen LogP contribution in [-0.2, 0) is 14.3 Å². The van der Waals surface area contributed by atoms with Gasteiger partial charge in [-0.05, 0) is 83.5 Å². The van der Waals surface area contributed by atoms with Gasteiger partial charge in [0, 0.05) is 6.42 Å². The van der Waals surface area contributed by atoms with Crippen molar-refractivity contribution in [2.24, 2.45) is 0 Å². The molecule has 1 amide bonds. The SMILES string of the molecule is CC/C=C\C/C=C\C/C=C\C/C=C\C/C=C\C/C=C\C/C=C\C/C=C\C/C=C\CCCCCCCCCCCCCCCC(=O)NC(COC1OC(CO)C(O)C(O)C1O)C(O)CCCCCCCCCCCCCCCCCCCCCCCCCCCCCCCCCCC. The van der Waals surface area contributed by atoms with Crippen LogP contribution in [0.5, 0.6) is 0 Å². The molecule has 1 aliphatic heterocycles. The van der Waals surface area contributed by atoms with E-state index in [1.807, 2.05) is 0 Å². The van der Waals surface area contributed by atoms with Crippen molar-refractivity contribution in [3.05, 3.63) is 109 Å². The van der Waals surface area contributed by atoms with E-state index in [-0.39, 0.29) is 12.5 Å². The van der Waals surface area contributed by atoms with Gasteiger partial charge in [-0.2, -0.15) is 0 Å². The lowest BCUT2D eigenvalue weighted by atomic mass is 9.99. The van der Waals surface area contributed by atoms with Gasteiger partial charge in [-0.25, -0.2) is 0 Å². The van der Waals surface area contributed by atoms with Crippen LogP contribution in [-0.4, -0.2) is 87.5 Å². The molecule has 0 saturated carbocycles. The van der Waals surface area contributed by atoms with E-state index in [9.17, 15) is 30.3 Å². The third-order valence-corrected chi connectivity index (χ3v) is 19.4. The van der Waals surface area contributed by atoms with Crippen molar-refractivity contribution in [1.82, 2.24) is 5.32 Å². The summed E-state index contributed by atoms with van der Waals surface area (Å²) in [6, 6.07) is -0.728. The molecule has 1 heterocycles. The maximum atomic E-state index is 13.2. The Morgan fingerprint density at radius 1 is 0.361 bits per heavy atom. The summed E-state index contributed by atoms with van der Waals surface area (Å²) in [5.74, 6) is -0.143. The lowest BCUT2D eigenvalue weighted by Crippen LogP contribution is -2.60. The first-order valence-electron chi connectivity index (χ1n) is 41.6. The molecule has 1 aliphatic rings. The van der Waals surface area contributed by atoms with Gasteiger partial charge >= 0.3 is 0 Å². The summed E-state index contributed by atoms with van der Waals surface area (Å²) in [6.07, 6.45) is 105. The molecular formula is C88H157NO8. The smallest absolute Gasteiger partial charge is 0.220 e. The van der Waals surface area contributed by atoms with E-state index in [0.717, 1.165) is 96.3 Å². The number of carbonyl (C=O) groups excluding carboxylic acids is 1. The minimum absolute atomic E-state index is 0.140. The fourth-order valence-corrected chi connectivity index (χ4v) is 13.0. The van der Waals surface area contributed by atoms with E-state index >= 15 is 0 Å². The highest BCUT2D eigenvalue weighted by Gasteiger charge is 2.44. The van der Waals surface area contributed by atoms with Gasteiger partial charge in [0.05, 0.1) is 25.4 Å². The molecule has 1 fully saturated rings. The number of ether oxygens (including phenoxy) is 2. The first-order chi connectivity index (χ1) is 47.8. The molecule has 7 atom stereocenters. The number of nitrogens with one attached hydrogen (secondary N) is 1. The zero-order valence-corrected chi connectivity index (χ0v) is 63.3. The van der Waals surface area contributed by atoms with Crippen LogP contribution in [0.4, 0.5) is 0 Å². The van der Waals surface area contributed by atoms with Crippen molar-refractivity contribution >= 4 is 5.91 Å². The molecule has 562 valence electrons. The molecule has 1 rings (SSSR count). The van der Waals surface area contributed by atoms with Crippen LogP contribution in [0.15, 0.2) is 109 Å². The monoisotopic (exact) mass is 1360 g/mol. The molecule has 9 nitrogen and oxygen atoms in total. The molecule has 0 aliphatic carbocycles. The summed E-state index contributed by atoms with van der Waals surface area (Å²) in [6.45, 7) is 3.77. The first-order valence-corrected chi connectivity index (χ1v) is 41.6. The number of unbranched alkanes of at least 4 members (excludes halogenated alkanes) is 45. The average molecular weight is 1360 g/mol. The second kappa shape index (κ2) is 75.5. The number of rotatable bonds is 73. The normalized spacial score (nSPS) is 17.9. The molecule has 97 heavy (non-hydrogen) atoms. The van der Waals surface area contributed by atoms with Gasteiger partial charge in [0.15, 0.2) is 6.29 Å². The minimum Gasteiger partial charge on any atom is -0.394 e. The third kappa shape index (κ3) is 63.5. The van der Waals surface area contributed by atoms with Crippen molar-refractivity contribution in [2.75, 3.05) is 13.2 Å². The van der Waals surface area contributed by atoms with Gasteiger partial charge in [0.1, 0.15) is 24.4 Å². The zero-order valence-electron chi connectivity index (χ0n) is 63.3. The molecule has 0 aromatic carbocycles. The number of aliphatic hydroxyl groups is 5. The molecule has 0 bridgehead atoms. The lowest BCUT2D eigenvalue weighted by molar-refractivity contribution is -0.302. The Bertz CT molecular complexity index is 1920. The molecule has 9 heteroatoms. The number of amides is 1. The fourth-order valence-electron chi connectivity index (χ4n) is 13.0. The van der Waals surface area contributed by atoms with Crippen LogP contribution in [0.3, 0.4) is 0 Å². The number of aliphatic hydroxyl groups excluding tert-OH is 5. The van der Waals surface area contributed by atoms with Gasteiger partial charge in [0.2, 0.25) is 5.91 Å². The average Bonchev–Trinajstić information content (AvgIpc) is 0.854. The van der Waals surface area contributed by atoms with E-state index in [2.05, 4.69) is 129 Å². The van der Waals surface area contributed by atoms with E-state index < -0.39 is 49.5 Å². The molecule has 0 aromatic rings. The van der Waals surface area contributed by atoms with Gasteiger partial charge in [-0.1, -0.05) is 406 Å². The fraction of sp³-hybridized carbons (Fsp3) is 0.784. The Morgan fingerprint density at radius 2 is 0.639 bits per heavy atom. The highest BCUT2D eigenvalue weighted by Crippen LogP contribution is 2.24. The van der Waals surface area contributed by atoms with Crippen LogP contribution in [0, 0.1) is 0 Å². The number of hydrogen-bond donors (Lipinski definition) is 6. The Balaban J connectivity index is 2.07. The quantitative estimate of drug-likeness (QED) is 0.0261. The van der Waals surface area contributed by atoms with Crippen molar-refractivity contribution in [3.8, 4) is 0 Å². The predicted molar refractivity (Wildman–Crippen MR) is 419 cm³/mol. The van der Waals surface area contributed by atoms with Gasteiger partial charge < -0.3 is 40.3 Å². The molecule has 7 unspecified atom stereocenters.